The fourth-order valence-corrected chi connectivity index (χ4v) is 0.901. The molecule has 0 saturated heterocycles. The Bertz CT molecular complexity index is 342. The molecule has 1 aromatic heterocycles. The molecule has 1 aromatic rings. The van der Waals surface area contributed by atoms with Crippen LogP contribution in [0.3, 0.4) is 0 Å². The molecule has 7 nitrogen and oxygen atoms in total. The van der Waals surface area contributed by atoms with Gasteiger partial charge < -0.3 is 20.9 Å². The van der Waals surface area contributed by atoms with Crippen LogP contribution in [0.4, 0.5) is 11.6 Å². The van der Waals surface area contributed by atoms with Gasteiger partial charge in [0, 0.05) is 0 Å². The second-order valence-corrected chi connectivity index (χ2v) is 3.16. The number of hydrogen-bond donors (Lipinski definition) is 2. The summed E-state index contributed by atoms with van der Waals surface area (Å²) in [6.45, 7) is 0.351. The predicted octanol–water partition coefficient (Wildman–Crippen LogP) is -0.452. The van der Waals surface area contributed by atoms with Crippen molar-refractivity contribution in [2.75, 3.05) is 39.4 Å². The summed E-state index contributed by atoms with van der Waals surface area (Å²) in [5, 5.41) is 0. The first kappa shape index (κ1) is 11.3. The van der Waals surface area contributed by atoms with Crippen molar-refractivity contribution < 1.29 is 9.47 Å². The van der Waals surface area contributed by atoms with Gasteiger partial charge in [-0.2, -0.15) is 9.97 Å². The van der Waals surface area contributed by atoms with Crippen molar-refractivity contribution in [2.24, 2.45) is 0 Å². The molecule has 0 atom stereocenters. The molecule has 0 saturated carbocycles. The number of nitrogens with zero attached hydrogens (tertiary/aromatic N) is 3. The Labute approximate surface area is 88.0 Å². The second kappa shape index (κ2) is 4.65. The van der Waals surface area contributed by atoms with Gasteiger partial charge in [0.15, 0.2) is 5.69 Å². The molecule has 0 bridgehead atoms. The second-order valence-electron chi connectivity index (χ2n) is 3.16. The standard InChI is InChI=1S/C8H15N5O2/c1-13(2)4-15-7-5(9)6(14-3)11-8(10)12-7/h4,9H2,1-3H3,(H2,10,11,12). The van der Waals surface area contributed by atoms with Crippen LogP contribution in [0.5, 0.6) is 11.8 Å². The first-order chi connectivity index (χ1) is 7.04. The molecule has 7 heteroatoms. The lowest BCUT2D eigenvalue weighted by atomic mass is 10.5. The lowest BCUT2D eigenvalue weighted by Crippen LogP contribution is -2.19. The molecule has 0 radical (unpaired) electrons. The molecule has 1 rings (SSSR count). The molecule has 0 amide bonds. The molecule has 1 heterocycles. The van der Waals surface area contributed by atoms with E-state index in [1.54, 1.807) is 0 Å². The molecule has 0 aliphatic rings. The van der Waals surface area contributed by atoms with Crippen LogP contribution in [0, 0.1) is 0 Å². The maximum atomic E-state index is 5.70. The third-order valence-electron chi connectivity index (χ3n) is 1.55. The number of anilines is 2. The number of aromatic nitrogens is 2. The van der Waals surface area contributed by atoms with Gasteiger partial charge in [-0.05, 0) is 14.1 Å². The maximum absolute atomic E-state index is 5.70. The zero-order chi connectivity index (χ0) is 11.4. The van der Waals surface area contributed by atoms with E-state index in [1.165, 1.54) is 7.11 Å². The Balaban J connectivity index is 2.91. The van der Waals surface area contributed by atoms with Crippen molar-refractivity contribution >= 4 is 11.6 Å². The molecule has 0 aromatic carbocycles. The highest BCUT2D eigenvalue weighted by atomic mass is 16.5. The average Bonchev–Trinajstić information content (AvgIpc) is 2.18. The topological polar surface area (TPSA) is 99.5 Å². The zero-order valence-electron chi connectivity index (χ0n) is 9.02. The Morgan fingerprint density at radius 2 is 1.80 bits per heavy atom. The van der Waals surface area contributed by atoms with Crippen molar-refractivity contribution in [1.82, 2.24) is 14.9 Å². The summed E-state index contributed by atoms with van der Waals surface area (Å²) in [4.78, 5) is 9.49. The van der Waals surface area contributed by atoms with Crippen molar-refractivity contribution in [3.63, 3.8) is 0 Å². The average molecular weight is 213 g/mol. The minimum atomic E-state index is 0.0646. The van der Waals surface area contributed by atoms with Crippen LogP contribution < -0.4 is 20.9 Å². The van der Waals surface area contributed by atoms with E-state index in [9.17, 15) is 0 Å². The summed E-state index contributed by atoms with van der Waals surface area (Å²) in [5.41, 5.74) is 11.4. The van der Waals surface area contributed by atoms with Gasteiger partial charge in [-0.15, -0.1) is 0 Å². The van der Waals surface area contributed by atoms with Crippen LogP contribution >= 0.6 is 0 Å². The largest absolute Gasteiger partial charge is 0.479 e. The number of nitrogen functional groups attached to an aromatic ring is 2. The minimum absolute atomic E-state index is 0.0646. The number of methoxy groups -OCH3 is 1. The Morgan fingerprint density at radius 3 is 2.33 bits per heavy atom. The highest BCUT2D eigenvalue weighted by molar-refractivity contribution is 5.58. The van der Waals surface area contributed by atoms with E-state index in [4.69, 9.17) is 20.9 Å². The van der Waals surface area contributed by atoms with Gasteiger partial charge in [-0.3, -0.25) is 4.90 Å². The molecule has 84 valence electrons. The maximum Gasteiger partial charge on any atom is 0.247 e. The van der Waals surface area contributed by atoms with Crippen LogP contribution in [0.15, 0.2) is 0 Å². The first-order valence-electron chi connectivity index (χ1n) is 4.29. The zero-order valence-corrected chi connectivity index (χ0v) is 9.02. The summed E-state index contributed by atoms with van der Waals surface area (Å²) in [7, 11) is 5.17. The fraction of sp³-hybridized carbons (Fsp3) is 0.500. The number of hydrogen-bond acceptors (Lipinski definition) is 7. The lowest BCUT2D eigenvalue weighted by molar-refractivity contribution is 0.173. The monoisotopic (exact) mass is 213 g/mol. The Hall–Kier alpha value is -1.76. The van der Waals surface area contributed by atoms with E-state index in [-0.39, 0.29) is 23.4 Å². The van der Waals surface area contributed by atoms with Gasteiger partial charge >= 0.3 is 0 Å². The Kier molecular flexibility index (Phi) is 3.51. The quantitative estimate of drug-likeness (QED) is 0.653. The predicted molar refractivity (Wildman–Crippen MR) is 56.6 cm³/mol. The number of nitrogens with two attached hydrogens (primary N) is 2. The van der Waals surface area contributed by atoms with Crippen LogP contribution in [0.2, 0.25) is 0 Å². The van der Waals surface area contributed by atoms with Crippen molar-refractivity contribution in [3.05, 3.63) is 0 Å². The summed E-state index contributed by atoms with van der Waals surface area (Å²) in [5.74, 6) is 0.513. The fourth-order valence-electron chi connectivity index (χ4n) is 0.901. The minimum Gasteiger partial charge on any atom is -0.479 e. The van der Waals surface area contributed by atoms with Crippen LogP contribution in [-0.4, -0.2) is 42.8 Å². The molecular formula is C8H15N5O2. The highest BCUT2D eigenvalue weighted by Crippen LogP contribution is 2.28. The van der Waals surface area contributed by atoms with E-state index in [2.05, 4.69) is 9.97 Å². The van der Waals surface area contributed by atoms with Crippen molar-refractivity contribution in [3.8, 4) is 11.8 Å². The molecule has 0 spiro atoms. The van der Waals surface area contributed by atoms with Gasteiger partial charge in [0.05, 0.1) is 7.11 Å². The molecule has 0 fully saturated rings. The molecule has 4 N–H and O–H groups in total. The summed E-state index contributed by atoms with van der Waals surface area (Å²) < 4.78 is 10.2. The molecule has 0 unspecified atom stereocenters. The molecule has 15 heavy (non-hydrogen) atoms. The SMILES string of the molecule is COc1nc(N)nc(OCN(C)C)c1N. The van der Waals surface area contributed by atoms with Crippen molar-refractivity contribution in [1.29, 1.82) is 0 Å². The highest BCUT2D eigenvalue weighted by Gasteiger charge is 2.12. The van der Waals surface area contributed by atoms with Gasteiger partial charge in [0.2, 0.25) is 17.7 Å². The number of rotatable bonds is 4. The molecule has 0 aliphatic carbocycles. The summed E-state index contributed by atoms with van der Waals surface area (Å²) in [6, 6.07) is 0. The molecule has 0 aliphatic heterocycles. The first-order valence-corrected chi connectivity index (χ1v) is 4.29. The summed E-state index contributed by atoms with van der Waals surface area (Å²) in [6.07, 6.45) is 0. The number of ether oxygens (including phenoxy) is 2. The van der Waals surface area contributed by atoms with Gasteiger partial charge in [0.25, 0.3) is 0 Å². The van der Waals surface area contributed by atoms with Gasteiger partial charge in [-0.25, -0.2) is 0 Å². The third-order valence-corrected chi connectivity index (χ3v) is 1.55. The van der Waals surface area contributed by atoms with Crippen LogP contribution in [-0.2, 0) is 0 Å². The van der Waals surface area contributed by atoms with E-state index in [1.807, 2.05) is 19.0 Å². The Morgan fingerprint density at radius 1 is 1.20 bits per heavy atom. The van der Waals surface area contributed by atoms with Gasteiger partial charge in [-0.1, -0.05) is 0 Å². The van der Waals surface area contributed by atoms with Crippen molar-refractivity contribution in [2.45, 2.75) is 0 Å². The smallest absolute Gasteiger partial charge is 0.247 e. The third kappa shape index (κ3) is 2.84. The van der Waals surface area contributed by atoms with Crippen LogP contribution in [0.25, 0.3) is 0 Å². The van der Waals surface area contributed by atoms with Crippen LogP contribution in [0.1, 0.15) is 0 Å². The summed E-state index contributed by atoms with van der Waals surface area (Å²) >= 11 is 0. The van der Waals surface area contributed by atoms with Gasteiger partial charge in [0.1, 0.15) is 6.73 Å². The molecular weight excluding hydrogens is 198 g/mol. The normalized spacial score (nSPS) is 10.4. The van der Waals surface area contributed by atoms with E-state index in [0.717, 1.165) is 0 Å². The lowest BCUT2D eigenvalue weighted by Gasteiger charge is -2.13. The van der Waals surface area contributed by atoms with E-state index < -0.39 is 0 Å². The van der Waals surface area contributed by atoms with E-state index >= 15 is 0 Å². The van der Waals surface area contributed by atoms with E-state index in [0.29, 0.717) is 6.73 Å².